The number of aliphatic hydroxyl groups is 1. The number of guanidine groups is 1. The summed E-state index contributed by atoms with van der Waals surface area (Å²) in [5.74, 6) is 2.00. The third kappa shape index (κ3) is 6.99. The molecule has 2 heterocycles. The Balaban J connectivity index is 0.00000338. The van der Waals surface area contributed by atoms with Gasteiger partial charge >= 0.3 is 0 Å². The summed E-state index contributed by atoms with van der Waals surface area (Å²) in [7, 11) is 1.92. The van der Waals surface area contributed by atoms with Crippen molar-refractivity contribution in [1.29, 1.82) is 0 Å². The molecule has 8 heteroatoms. The second-order valence-electron chi connectivity index (χ2n) is 6.43. The first-order valence-corrected chi connectivity index (χ1v) is 8.69. The van der Waals surface area contributed by atoms with Gasteiger partial charge in [0, 0.05) is 26.3 Å². The fraction of sp³-hybridized carbons (Fsp3) is 0.556. The lowest BCUT2D eigenvalue weighted by Crippen LogP contribution is -2.39. The van der Waals surface area contributed by atoms with E-state index in [1.165, 1.54) is 5.56 Å². The van der Waals surface area contributed by atoms with Crippen LogP contribution in [0.25, 0.3) is 0 Å². The van der Waals surface area contributed by atoms with Gasteiger partial charge in [-0.15, -0.1) is 24.0 Å². The van der Waals surface area contributed by atoms with E-state index in [0.717, 1.165) is 31.7 Å². The lowest BCUT2D eigenvalue weighted by Gasteiger charge is -2.19. The highest BCUT2D eigenvalue weighted by molar-refractivity contribution is 14.0. The van der Waals surface area contributed by atoms with Gasteiger partial charge < -0.3 is 20.2 Å². The maximum atomic E-state index is 10.6. The first-order chi connectivity index (χ1) is 11.9. The van der Waals surface area contributed by atoms with Crippen LogP contribution in [0.4, 0.5) is 0 Å². The van der Waals surface area contributed by atoms with Crippen LogP contribution < -0.4 is 10.6 Å². The molecule has 146 valence electrons. The molecule has 2 aromatic heterocycles. The monoisotopic (exact) mass is 475 g/mol. The average molecular weight is 475 g/mol. The second-order valence-corrected chi connectivity index (χ2v) is 6.43. The van der Waals surface area contributed by atoms with Crippen molar-refractivity contribution >= 4 is 29.9 Å². The first kappa shape index (κ1) is 22.5. The number of furan rings is 1. The summed E-state index contributed by atoms with van der Waals surface area (Å²) in [5.41, 5.74) is 0.0918. The maximum absolute atomic E-state index is 10.6. The Morgan fingerprint density at radius 3 is 2.73 bits per heavy atom. The van der Waals surface area contributed by atoms with Gasteiger partial charge in [0.25, 0.3) is 0 Å². The molecule has 0 saturated heterocycles. The molecule has 0 saturated carbocycles. The summed E-state index contributed by atoms with van der Waals surface area (Å²) in [6.07, 6.45) is 5.86. The van der Waals surface area contributed by atoms with Gasteiger partial charge in [-0.05, 0) is 51.3 Å². The highest BCUT2D eigenvalue weighted by atomic mass is 127. The molecular formula is C18H30IN5O2. The fourth-order valence-corrected chi connectivity index (χ4v) is 2.48. The van der Waals surface area contributed by atoms with Crippen molar-refractivity contribution in [3.63, 3.8) is 0 Å². The number of halogens is 1. The van der Waals surface area contributed by atoms with Gasteiger partial charge in [0.2, 0.25) is 0 Å². The number of aryl methyl sites for hydroxylation is 3. The Labute approximate surface area is 172 Å². The summed E-state index contributed by atoms with van der Waals surface area (Å²) in [4.78, 5) is 4.49. The van der Waals surface area contributed by atoms with E-state index in [9.17, 15) is 5.11 Å². The summed E-state index contributed by atoms with van der Waals surface area (Å²) in [6, 6.07) is 3.63. The average Bonchev–Trinajstić information content (AvgIpc) is 3.18. The number of aromatic nitrogens is 2. The van der Waals surface area contributed by atoms with Gasteiger partial charge in [0.05, 0.1) is 12.7 Å². The van der Waals surface area contributed by atoms with Crippen molar-refractivity contribution in [2.45, 2.75) is 39.2 Å². The third-order valence-corrected chi connectivity index (χ3v) is 3.85. The first-order valence-electron chi connectivity index (χ1n) is 8.69. The topological polar surface area (TPSA) is 87.6 Å². The molecule has 7 nitrogen and oxygen atoms in total. The Morgan fingerprint density at radius 2 is 2.15 bits per heavy atom. The lowest BCUT2D eigenvalue weighted by molar-refractivity contribution is 0.0428. The van der Waals surface area contributed by atoms with E-state index in [0.29, 0.717) is 11.7 Å². The number of nitrogens with one attached hydrogen (secondary N) is 2. The minimum atomic E-state index is -1.13. The summed E-state index contributed by atoms with van der Waals surface area (Å²) < 4.78 is 7.33. The standard InChI is InChI=1S/C18H29N5O2.HI/c1-5-19-17(20-10-6-7-15-11-22-23(4)12-15)21-13-18(3,24)16-9-8-14(2)25-16;/h8-9,11-12,24H,5-7,10,13H2,1-4H3,(H2,19,20,21);1H. The van der Waals surface area contributed by atoms with E-state index in [1.807, 2.05) is 44.0 Å². The quantitative estimate of drug-likeness (QED) is 0.236. The van der Waals surface area contributed by atoms with Gasteiger partial charge in [0.1, 0.15) is 17.1 Å². The Hall–Kier alpha value is -1.55. The van der Waals surface area contributed by atoms with E-state index in [4.69, 9.17) is 4.42 Å². The molecular weight excluding hydrogens is 445 g/mol. The van der Waals surface area contributed by atoms with Gasteiger partial charge in [-0.25, -0.2) is 4.99 Å². The summed E-state index contributed by atoms with van der Waals surface area (Å²) >= 11 is 0. The number of hydrogen-bond donors (Lipinski definition) is 3. The molecule has 0 aliphatic rings. The number of nitrogens with zero attached hydrogens (tertiary/aromatic N) is 3. The van der Waals surface area contributed by atoms with Crippen molar-refractivity contribution in [3.8, 4) is 0 Å². The van der Waals surface area contributed by atoms with Crippen LogP contribution in [0.5, 0.6) is 0 Å². The highest BCUT2D eigenvalue weighted by Crippen LogP contribution is 2.22. The number of rotatable bonds is 8. The minimum Gasteiger partial charge on any atom is -0.463 e. The van der Waals surface area contributed by atoms with Gasteiger partial charge in [-0.3, -0.25) is 4.68 Å². The largest absolute Gasteiger partial charge is 0.463 e. The molecule has 0 bridgehead atoms. The van der Waals surface area contributed by atoms with E-state index in [-0.39, 0.29) is 30.5 Å². The molecule has 26 heavy (non-hydrogen) atoms. The Morgan fingerprint density at radius 1 is 1.38 bits per heavy atom. The van der Waals surface area contributed by atoms with Crippen molar-refractivity contribution in [3.05, 3.63) is 41.6 Å². The summed E-state index contributed by atoms with van der Waals surface area (Å²) in [5, 5.41) is 21.2. The van der Waals surface area contributed by atoms with Crippen LogP contribution >= 0.6 is 24.0 Å². The van der Waals surface area contributed by atoms with E-state index >= 15 is 0 Å². The molecule has 0 aliphatic heterocycles. The predicted molar refractivity (Wildman–Crippen MR) is 114 cm³/mol. The molecule has 2 aromatic rings. The van der Waals surface area contributed by atoms with Crippen molar-refractivity contribution in [2.24, 2.45) is 12.0 Å². The minimum absolute atomic E-state index is 0. The molecule has 1 unspecified atom stereocenters. The lowest BCUT2D eigenvalue weighted by atomic mass is 10.0. The predicted octanol–water partition coefficient (Wildman–Crippen LogP) is 2.33. The zero-order valence-electron chi connectivity index (χ0n) is 16.0. The molecule has 0 aromatic carbocycles. The molecule has 0 amide bonds. The fourth-order valence-electron chi connectivity index (χ4n) is 2.48. The number of hydrogen-bond acceptors (Lipinski definition) is 4. The van der Waals surface area contributed by atoms with Crippen LogP contribution in [0.2, 0.25) is 0 Å². The molecule has 2 rings (SSSR count). The zero-order valence-corrected chi connectivity index (χ0v) is 18.3. The maximum Gasteiger partial charge on any atom is 0.191 e. The van der Waals surface area contributed by atoms with Gasteiger partial charge in [-0.1, -0.05) is 0 Å². The highest BCUT2D eigenvalue weighted by Gasteiger charge is 2.26. The van der Waals surface area contributed by atoms with Gasteiger partial charge in [0.15, 0.2) is 5.96 Å². The van der Waals surface area contributed by atoms with Crippen LogP contribution in [-0.2, 0) is 19.1 Å². The molecule has 3 N–H and O–H groups in total. The van der Waals surface area contributed by atoms with Crippen LogP contribution in [0.1, 0.15) is 37.4 Å². The van der Waals surface area contributed by atoms with Crippen molar-refractivity contribution in [2.75, 3.05) is 19.6 Å². The third-order valence-electron chi connectivity index (χ3n) is 3.85. The van der Waals surface area contributed by atoms with Crippen LogP contribution in [0, 0.1) is 6.92 Å². The van der Waals surface area contributed by atoms with Crippen LogP contribution in [0.3, 0.4) is 0 Å². The number of aliphatic imine (C=N–C) groups is 1. The van der Waals surface area contributed by atoms with Crippen LogP contribution in [-0.4, -0.2) is 40.5 Å². The van der Waals surface area contributed by atoms with Gasteiger partial charge in [-0.2, -0.15) is 5.10 Å². The smallest absolute Gasteiger partial charge is 0.191 e. The molecule has 0 radical (unpaired) electrons. The van der Waals surface area contributed by atoms with E-state index < -0.39 is 5.60 Å². The van der Waals surface area contributed by atoms with Crippen molar-refractivity contribution < 1.29 is 9.52 Å². The normalized spacial score (nSPS) is 13.8. The van der Waals surface area contributed by atoms with E-state index in [2.05, 4.69) is 20.7 Å². The van der Waals surface area contributed by atoms with Crippen LogP contribution in [0.15, 0.2) is 33.9 Å². The Bertz CT molecular complexity index is 693. The second kappa shape index (κ2) is 10.6. The zero-order chi connectivity index (χ0) is 18.3. The Kier molecular flexibility index (Phi) is 9.14. The van der Waals surface area contributed by atoms with Crippen molar-refractivity contribution in [1.82, 2.24) is 20.4 Å². The molecule has 1 atom stereocenters. The SMILES string of the molecule is CCNC(=NCC(C)(O)c1ccc(C)o1)NCCCc1cnn(C)c1.I. The summed E-state index contributed by atoms with van der Waals surface area (Å²) in [6.45, 7) is 7.36. The van der Waals surface area contributed by atoms with E-state index in [1.54, 1.807) is 13.0 Å². The molecule has 0 aliphatic carbocycles. The molecule has 0 fully saturated rings. The molecule has 0 spiro atoms.